The Hall–Kier alpha value is -2.52. The summed E-state index contributed by atoms with van der Waals surface area (Å²) in [6.45, 7) is 1.80. The SMILES string of the molecule is Cc1cc(Br)ccc1NC(=O)CNC(=O)CCc1nc(-c2ccsc2)no1. The van der Waals surface area contributed by atoms with Crippen molar-refractivity contribution >= 4 is 44.8 Å². The van der Waals surface area contributed by atoms with Gasteiger partial charge in [0.1, 0.15) is 0 Å². The third kappa shape index (κ3) is 5.48. The monoisotopic (exact) mass is 448 g/mol. The molecule has 2 N–H and O–H groups in total. The maximum atomic E-state index is 12.0. The van der Waals surface area contributed by atoms with Crippen LogP contribution in [-0.2, 0) is 16.0 Å². The van der Waals surface area contributed by atoms with E-state index in [9.17, 15) is 9.59 Å². The van der Waals surface area contributed by atoms with Gasteiger partial charge in [-0.1, -0.05) is 21.1 Å². The van der Waals surface area contributed by atoms with Crippen LogP contribution in [0.25, 0.3) is 11.4 Å². The third-order valence-corrected chi connectivity index (χ3v) is 4.90. The molecule has 0 saturated heterocycles. The van der Waals surface area contributed by atoms with Crippen molar-refractivity contribution in [3.05, 3.63) is 51.0 Å². The van der Waals surface area contributed by atoms with E-state index in [0.717, 1.165) is 15.6 Å². The Morgan fingerprint density at radius 1 is 1.26 bits per heavy atom. The zero-order valence-corrected chi connectivity index (χ0v) is 16.9. The summed E-state index contributed by atoms with van der Waals surface area (Å²) in [6, 6.07) is 7.45. The molecule has 0 aliphatic carbocycles. The number of aryl methyl sites for hydroxylation is 2. The van der Waals surface area contributed by atoms with Crippen LogP contribution in [-0.4, -0.2) is 28.5 Å². The summed E-state index contributed by atoms with van der Waals surface area (Å²) < 4.78 is 6.09. The first-order valence-electron chi connectivity index (χ1n) is 8.19. The summed E-state index contributed by atoms with van der Waals surface area (Å²) in [4.78, 5) is 28.2. The maximum absolute atomic E-state index is 12.0. The van der Waals surface area contributed by atoms with Gasteiger partial charge in [-0.2, -0.15) is 16.3 Å². The molecule has 0 bridgehead atoms. The van der Waals surface area contributed by atoms with Crippen LogP contribution in [0.1, 0.15) is 17.9 Å². The van der Waals surface area contributed by atoms with Crippen molar-refractivity contribution in [1.29, 1.82) is 0 Å². The second-order valence-electron chi connectivity index (χ2n) is 5.81. The lowest BCUT2D eigenvalue weighted by Gasteiger charge is -2.09. The number of carbonyl (C=O) groups excluding carboxylic acids is 2. The molecule has 3 aromatic rings. The van der Waals surface area contributed by atoms with Crippen molar-refractivity contribution in [2.75, 3.05) is 11.9 Å². The number of nitrogens with one attached hydrogen (secondary N) is 2. The molecule has 0 atom stereocenters. The van der Waals surface area contributed by atoms with Gasteiger partial charge >= 0.3 is 0 Å². The van der Waals surface area contributed by atoms with E-state index < -0.39 is 0 Å². The topological polar surface area (TPSA) is 97.1 Å². The molecule has 2 amide bonds. The van der Waals surface area contributed by atoms with Crippen molar-refractivity contribution in [2.45, 2.75) is 19.8 Å². The molecule has 0 fully saturated rings. The van der Waals surface area contributed by atoms with Crippen LogP contribution in [0.5, 0.6) is 0 Å². The number of hydrogen-bond acceptors (Lipinski definition) is 6. The normalized spacial score (nSPS) is 10.6. The molecule has 3 rings (SSSR count). The van der Waals surface area contributed by atoms with Gasteiger partial charge in [0.25, 0.3) is 0 Å². The molecule has 2 heterocycles. The number of rotatable bonds is 7. The highest BCUT2D eigenvalue weighted by Gasteiger charge is 2.12. The maximum Gasteiger partial charge on any atom is 0.243 e. The molecule has 1 aromatic carbocycles. The molecule has 2 aromatic heterocycles. The Morgan fingerprint density at radius 2 is 2.11 bits per heavy atom. The number of benzene rings is 1. The molecule has 0 saturated carbocycles. The highest BCUT2D eigenvalue weighted by Crippen LogP contribution is 2.20. The van der Waals surface area contributed by atoms with Gasteiger partial charge in [0, 0.05) is 33.9 Å². The second kappa shape index (κ2) is 8.92. The summed E-state index contributed by atoms with van der Waals surface area (Å²) in [5.74, 6) is 0.358. The average Bonchev–Trinajstić information content (AvgIpc) is 3.32. The molecule has 9 heteroatoms. The first-order valence-corrected chi connectivity index (χ1v) is 9.92. The molecule has 27 heavy (non-hydrogen) atoms. The predicted octanol–water partition coefficient (Wildman–Crippen LogP) is 3.56. The van der Waals surface area contributed by atoms with Gasteiger partial charge in [0.05, 0.1) is 6.54 Å². The predicted molar refractivity (Wildman–Crippen MR) is 106 cm³/mol. The zero-order chi connectivity index (χ0) is 19.2. The number of nitrogens with zero attached hydrogens (tertiary/aromatic N) is 2. The van der Waals surface area contributed by atoms with Gasteiger partial charge in [-0.25, -0.2) is 0 Å². The highest BCUT2D eigenvalue weighted by molar-refractivity contribution is 9.10. The van der Waals surface area contributed by atoms with E-state index in [2.05, 4.69) is 36.7 Å². The minimum absolute atomic E-state index is 0.0989. The number of aromatic nitrogens is 2. The lowest BCUT2D eigenvalue weighted by molar-refractivity contribution is -0.124. The first kappa shape index (κ1) is 19.2. The molecular formula is C18H17BrN4O3S. The largest absolute Gasteiger partial charge is 0.347 e. The lowest BCUT2D eigenvalue weighted by atomic mass is 10.2. The quantitative estimate of drug-likeness (QED) is 0.575. The molecule has 0 aliphatic heterocycles. The number of amides is 2. The molecule has 7 nitrogen and oxygen atoms in total. The Kier molecular flexibility index (Phi) is 6.36. The van der Waals surface area contributed by atoms with E-state index in [4.69, 9.17) is 4.52 Å². The van der Waals surface area contributed by atoms with Crippen LogP contribution in [0.3, 0.4) is 0 Å². The van der Waals surface area contributed by atoms with E-state index in [0.29, 0.717) is 23.8 Å². The number of anilines is 1. The van der Waals surface area contributed by atoms with Gasteiger partial charge in [0.2, 0.25) is 23.5 Å². The van der Waals surface area contributed by atoms with E-state index in [1.807, 2.05) is 35.9 Å². The van der Waals surface area contributed by atoms with Gasteiger partial charge in [-0.15, -0.1) is 0 Å². The third-order valence-electron chi connectivity index (χ3n) is 3.72. The van der Waals surface area contributed by atoms with Crippen LogP contribution in [0, 0.1) is 6.92 Å². The molecule has 0 unspecified atom stereocenters. The van der Waals surface area contributed by atoms with Crippen LogP contribution in [0.4, 0.5) is 5.69 Å². The Morgan fingerprint density at radius 3 is 2.85 bits per heavy atom. The van der Waals surface area contributed by atoms with Gasteiger partial charge in [-0.3, -0.25) is 9.59 Å². The smallest absolute Gasteiger partial charge is 0.243 e. The van der Waals surface area contributed by atoms with Crippen molar-refractivity contribution in [2.24, 2.45) is 0 Å². The lowest BCUT2D eigenvalue weighted by Crippen LogP contribution is -2.33. The molecule has 0 spiro atoms. The molecular weight excluding hydrogens is 432 g/mol. The average molecular weight is 449 g/mol. The summed E-state index contributed by atoms with van der Waals surface area (Å²) in [5, 5.41) is 13.1. The fourth-order valence-electron chi connectivity index (χ4n) is 2.31. The van der Waals surface area contributed by atoms with Crippen LogP contribution < -0.4 is 10.6 Å². The number of halogens is 1. The number of carbonyl (C=O) groups is 2. The van der Waals surface area contributed by atoms with Gasteiger partial charge < -0.3 is 15.2 Å². The number of thiophene rings is 1. The van der Waals surface area contributed by atoms with E-state index in [1.165, 1.54) is 0 Å². The Balaban J connectivity index is 1.42. The summed E-state index contributed by atoms with van der Waals surface area (Å²) in [7, 11) is 0. The van der Waals surface area contributed by atoms with E-state index in [1.54, 1.807) is 17.4 Å². The van der Waals surface area contributed by atoms with Crippen molar-refractivity contribution in [3.8, 4) is 11.4 Å². The van der Waals surface area contributed by atoms with Crippen molar-refractivity contribution in [1.82, 2.24) is 15.5 Å². The van der Waals surface area contributed by atoms with Crippen molar-refractivity contribution in [3.63, 3.8) is 0 Å². The minimum atomic E-state index is -0.286. The highest BCUT2D eigenvalue weighted by atomic mass is 79.9. The zero-order valence-electron chi connectivity index (χ0n) is 14.5. The Bertz CT molecular complexity index is 940. The molecule has 0 aliphatic rings. The fraction of sp³-hybridized carbons (Fsp3) is 0.222. The van der Waals surface area contributed by atoms with Crippen LogP contribution in [0.15, 0.2) is 44.0 Å². The standard InChI is InChI=1S/C18H17BrN4O3S/c1-11-8-13(19)2-3-14(11)21-16(25)9-20-15(24)4-5-17-22-18(23-26-17)12-6-7-27-10-12/h2-3,6-8,10H,4-5,9H2,1H3,(H,20,24)(H,21,25). The second-order valence-corrected chi connectivity index (χ2v) is 7.50. The summed E-state index contributed by atoms with van der Waals surface area (Å²) in [6.07, 6.45) is 0.478. The van der Waals surface area contributed by atoms with Crippen LogP contribution in [0.2, 0.25) is 0 Å². The van der Waals surface area contributed by atoms with Crippen molar-refractivity contribution < 1.29 is 14.1 Å². The minimum Gasteiger partial charge on any atom is -0.347 e. The number of hydrogen-bond donors (Lipinski definition) is 2. The Labute approximate surface area is 168 Å². The first-order chi connectivity index (χ1) is 13.0. The molecule has 140 valence electrons. The van der Waals surface area contributed by atoms with Crippen LogP contribution >= 0.6 is 27.3 Å². The summed E-state index contributed by atoms with van der Waals surface area (Å²) >= 11 is 4.92. The summed E-state index contributed by atoms with van der Waals surface area (Å²) in [5.41, 5.74) is 2.53. The molecule has 0 radical (unpaired) electrons. The van der Waals surface area contributed by atoms with Gasteiger partial charge in [-0.05, 0) is 42.1 Å². The van der Waals surface area contributed by atoms with E-state index >= 15 is 0 Å². The van der Waals surface area contributed by atoms with Gasteiger partial charge in [0.15, 0.2) is 0 Å². The fourth-order valence-corrected chi connectivity index (χ4v) is 3.42. The van der Waals surface area contributed by atoms with E-state index in [-0.39, 0.29) is 24.8 Å².